The molecule has 2 fully saturated rings. The van der Waals surface area contributed by atoms with Gasteiger partial charge in [0.2, 0.25) is 17.7 Å². The largest absolute Gasteiger partial charge is 0.391 e. The van der Waals surface area contributed by atoms with E-state index in [0.717, 1.165) is 105 Å². The molecule has 2 aromatic carbocycles. The lowest BCUT2D eigenvalue weighted by atomic mass is 9.85. The summed E-state index contributed by atoms with van der Waals surface area (Å²) in [6.07, 6.45) is 9.19. The second-order valence-electron chi connectivity index (χ2n) is 18.2. The number of aromatic nitrogens is 1. The molecule has 0 aliphatic carbocycles. The van der Waals surface area contributed by atoms with Crippen molar-refractivity contribution in [3.63, 3.8) is 0 Å². The average Bonchev–Trinajstić information content (AvgIpc) is 3.88. The maximum absolute atomic E-state index is 14.1. The number of hydrazine groups is 1. The SMILES string of the molecule is CCCCCCNNC(=O)c1ccc(N2CCN(CCCCCCCC(=O)N[C@H](C(=O)N3C[C@H](O)C[C@H]3C(=O)N[C@@H](C)c3ccc(-c4scnc4C)cc3)C(C)(C)C)CC2)cc1. The number of rotatable bonds is 22. The maximum atomic E-state index is 14.1. The Balaban J connectivity index is 0.975. The van der Waals surface area contributed by atoms with Crippen LogP contribution in [0.2, 0.25) is 0 Å². The molecule has 4 amide bonds. The highest BCUT2D eigenvalue weighted by Crippen LogP contribution is 2.30. The fourth-order valence-electron chi connectivity index (χ4n) is 8.31. The monoisotopic (exact) mass is 873 g/mol. The maximum Gasteiger partial charge on any atom is 0.265 e. The van der Waals surface area contributed by atoms with Crippen LogP contribution in [0, 0.1) is 12.3 Å². The van der Waals surface area contributed by atoms with Crippen LogP contribution < -0.4 is 26.4 Å². The van der Waals surface area contributed by atoms with Crippen molar-refractivity contribution in [1.29, 1.82) is 0 Å². The summed E-state index contributed by atoms with van der Waals surface area (Å²) in [7, 11) is 0. The number of benzene rings is 2. The number of amides is 4. The van der Waals surface area contributed by atoms with Gasteiger partial charge in [0.05, 0.1) is 28.2 Å². The Labute approximate surface area is 373 Å². The summed E-state index contributed by atoms with van der Waals surface area (Å²) in [4.78, 5) is 65.2. The van der Waals surface area contributed by atoms with Gasteiger partial charge in [0, 0.05) is 63.4 Å². The van der Waals surface area contributed by atoms with Crippen LogP contribution in [0.1, 0.15) is 133 Å². The number of aliphatic hydroxyl groups is 1. The Morgan fingerprint density at radius 3 is 2.21 bits per heavy atom. The van der Waals surface area contributed by atoms with Gasteiger partial charge in [0.25, 0.3) is 5.91 Å². The van der Waals surface area contributed by atoms with Gasteiger partial charge in [-0.25, -0.2) is 10.4 Å². The molecule has 0 bridgehead atoms. The van der Waals surface area contributed by atoms with Gasteiger partial charge in [0.1, 0.15) is 12.1 Å². The van der Waals surface area contributed by atoms with Gasteiger partial charge in [0.15, 0.2) is 0 Å². The van der Waals surface area contributed by atoms with E-state index in [2.05, 4.69) is 43.2 Å². The Kier molecular flexibility index (Phi) is 18.8. The van der Waals surface area contributed by atoms with Gasteiger partial charge in [-0.05, 0) is 80.5 Å². The quantitative estimate of drug-likeness (QED) is 0.0543. The van der Waals surface area contributed by atoms with E-state index >= 15 is 0 Å². The lowest BCUT2D eigenvalue weighted by molar-refractivity contribution is -0.144. The Hall–Kier alpha value is -4.37. The van der Waals surface area contributed by atoms with E-state index in [1.165, 1.54) is 24.2 Å². The molecule has 0 spiro atoms. The smallest absolute Gasteiger partial charge is 0.265 e. The highest BCUT2D eigenvalue weighted by atomic mass is 32.1. The lowest BCUT2D eigenvalue weighted by Crippen LogP contribution is -2.57. The van der Waals surface area contributed by atoms with E-state index in [-0.39, 0.29) is 42.6 Å². The van der Waals surface area contributed by atoms with Gasteiger partial charge in [-0.2, -0.15) is 0 Å². The van der Waals surface area contributed by atoms with E-state index in [0.29, 0.717) is 12.0 Å². The highest BCUT2D eigenvalue weighted by Gasteiger charge is 2.44. The summed E-state index contributed by atoms with van der Waals surface area (Å²) in [5.41, 5.74) is 11.8. The van der Waals surface area contributed by atoms with Crippen LogP contribution in [-0.4, -0.2) is 108 Å². The molecule has 3 aromatic rings. The zero-order valence-corrected chi connectivity index (χ0v) is 38.8. The van der Waals surface area contributed by atoms with Crippen LogP contribution in [0.3, 0.4) is 0 Å². The zero-order chi connectivity index (χ0) is 44.6. The minimum atomic E-state index is -0.839. The predicted molar refractivity (Wildman–Crippen MR) is 249 cm³/mol. The van der Waals surface area contributed by atoms with Crippen molar-refractivity contribution in [1.82, 2.24) is 36.3 Å². The van der Waals surface area contributed by atoms with Crippen LogP contribution in [0.25, 0.3) is 10.4 Å². The molecule has 3 heterocycles. The highest BCUT2D eigenvalue weighted by molar-refractivity contribution is 7.13. The number of likely N-dealkylation sites (tertiary alicyclic amines) is 1. The molecule has 14 heteroatoms. The van der Waals surface area contributed by atoms with E-state index in [1.54, 1.807) is 11.3 Å². The Bertz CT molecular complexity index is 1870. The molecule has 5 N–H and O–H groups in total. The third-order valence-electron chi connectivity index (χ3n) is 12.2. The number of piperazine rings is 1. The molecule has 13 nitrogen and oxygen atoms in total. The number of anilines is 1. The van der Waals surface area contributed by atoms with Gasteiger partial charge in [-0.1, -0.05) is 90.5 Å². The molecule has 2 aliphatic heterocycles. The van der Waals surface area contributed by atoms with Crippen molar-refractivity contribution < 1.29 is 24.3 Å². The third kappa shape index (κ3) is 14.3. The van der Waals surface area contributed by atoms with E-state index in [4.69, 9.17) is 0 Å². The first-order chi connectivity index (χ1) is 29.7. The molecular weight excluding hydrogens is 801 g/mol. The average molecular weight is 873 g/mol. The number of aryl methyl sites for hydroxylation is 1. The molecule has 4 atom stereocenters. The molecule has 0 saturated carbocycles. The summed E-state index contributed by atoms with van der Waals surface area (Å²) in [5.74, 6) is -0.952. The number of carbonyl (C=O) groups is 4. The molecule has 5 rings (SSSR count). The Morgan fingerprint density at radius 1 is 0.871 bits per heavy atom. The molecule has 340 valence electrons. The first-order valence-electron chi connectivity index (χ1n) is 22.9. The molecule has 2 aliphatic rings. The first kappa shape index (κ1) is 48.7. The standard InChI is InChI=1S/C48H72N8O5S/c1-7-8-9-14-25-50-53-45(59)38-21-23-39(24-22-38)55-29-27-54(28-30-55)26-15-12-10-11-13-16-42(58)52-44(48(4,5)6)47(61)56-32-40(57)31-41(56)46(60)51-34(2)36-17-19-37(20-18-36)43-35(3)49-33-62-43/h17-24,33-34,40-41,44,50,57H,7-16,25-32H2,1-6H3,(H,51,60)(H,52,58)(H,53,59)/t34-,40+,41-,44+/m0/s1. The number of β-amino-alcohol motifs (C(OH)–C–C–N with tert-alkyl or cyclic N) is 1. The molecule has 0 radical (unpaired) electrons. The summed E-state index contributed by atoms with van der Waals surface area (Å²) < 4.78 is 0. The number of thiazole rings is 1. The fraction of sp³-hybridized carbons (Fsp3) is 0.604. The van der Waals surface area contributed by atoms with Gasteiger partial charge < -0.3 is 25.5 Å². The second kappa shape index (κ2) is 23.9. The van der Waals surface area contributed by atoms with E-state index < -0.39 is 23.6 Å². The normalized spacial score (nSPS) is 18.0. The molecule has 2 saturated heterocycles. The second-order valence-corrected chi connectivity index (χ2v) is 19.1. The van der Waals surface area contributed by atoms with Crippen LogP contribution >= 0.6 is 11.3 Å². The number of hydrogen-bond donors (Lipinski definition) is 5. The fourth-order valence-corrected chi connectivity index (χ4v) is 9.12. The molecule has 1 aromatic heterocycles. The minimum Gasteiger partial charge on any atom is -0.391 e. The van der Waals surface area contributed by atoms with Crippen molar-refractivity contribution in [3.8, 4) is 10.4 Å². The number of nitrogens with zero attached hydrogens (tertiary/aromatic N) is 4. The lowest BCUT2D eigenvalue weighted by Gasteiger charge is -2.36. The number of hydrogen-bond acceptors (Lipinski definition) is 10. The summed E-state index contributed by atoms with van der Waals surface area (Å²) in [6.45, 7) is 17.6. The van der Waals surface area contributed by atoms with Crippen molar-refractivity contribution in [2.45, 2.75) is 136 Å². The van der Waals surface area contributed by atoms with Crippen LogP contribution in [0.15, 0.2) is 54.0 Å². The number of aliphatic hydroxyl groups excluding tert-OH is 1. The van der Waals surface area contributed by atoms with Crippen molar-refractivity contribution in [2.75, 3.05) is 50.7 Å². The topological polar surface area (TPSA) is 159 Å². The van der Waals surface area contributed by atoms with Crippen molar-refractivity contribution >= 4 is 40.7 Å². The van der Waals surface area contributed by atoms with Crippen molar-refractivity contribution in [3.05, 3.63) is 70.9 Å². The van der Waals surface area contributed by atoms with Crippen LogP contribution in [0.5, 0.6) is 0 Å². The number of nitrogens with one attached hydrogen (secondary N) is 4. The third-order valence-corrected chi connectivity index (χ3v) is 13.1. The summed E-state index contributed by atoms with van der Waals surface area (Å²) >= 11 is 1.59. The van der Waals surface area contributed by atoms with E-state index in [9.17, 15) is 24.3 Å². The Morgan fingerprint density at radius 2 is 1.55 bits per heavy atom. The molecular formula is C48H72N8O5S. The van der Waals surface area contributed by atoms with Crippen LogP contribution in [-0.2, 0) is 14.4 Å². The van der Waals surface area contributed by atoms with Crippen molar-refractivity contribution in [2.24, 2.45) is 5.41 Å². The van der Waals surface area contributed by atoms with Gasteiger partial charge in [-0.3, -0.25) is 29.5 Å². The minimum absolute atomic E-state index is 0.0408. The zero-order valence-electron chi connectivity index (χ0n) is 38.0. The first-order valence-corrected chi connectivity index (χ1v) is 23.8. The van der Waals surface area contributed by atoms with Gasteiger partial charge >= 0.3 is 0 Å². The van der Waals surface area contributed by atoms with Crippen LogP contribution in [0.4, 0.5) is 5.69 Å². The molecule has 62 heavy (non-hydrogen) atoms. The summed E-state index contributed by atoms with van der Waals surface area (Å²) in [6, 6.07) is 13.9. The van der Waals surface area contributed by atoms with Gasteiger partial charge in [-0.15, -0.1) is 11.3 Å². The van der Waals surface area contributed by atoms with E-state index in [1.807, 2.05) is 88.7 Å². The summed E-state index contributed by atoms with van der Waals surface area (Å²) in [5, 5.41) is 16.7. The predicted octanol–water partition coefficient (Wildman–Crippen LogP) is 6.77. The molecule has 0 unspecified atom stereocenters. The number of unbranched alkanes of at least 4 members (excludes halogenated alkanes) is 7. The number of carbonyl (C=O) groups excluding carboxylic acids is 4.